The van der Waals surface area contributed by atoms with Crippen molar-refractivity contribution in [2.24, 2.45) is 0 Å². The number of nitrogens with one attached hydrogen (secondary N) is 2. The van der Waals surface area contributed by atoms with E-state index in [1.807, 2.05) is 0 Å². The second-order valence-electron chi connectivity index (χ2n) is 8.46. The van der Waals surface area contributed by atoms with Crippen molar-refractivity contribution in [3.05, 3.63) is 35.4 Å². The molecule has 1 aliphatic carbocycles. The van der Waals surface area contributed by atoms with Gasteiger partial charge in [-0.15, -0.1) is 0 Å². The first-order chi connectivity index (χ1) is 13.5. The quantitative estimate of drug-likeness (QED) is 0.692. The van der Waals surface area contributed by atoms with Crippen molar-refractivity contribution < 1.29 is 13.2 Å². The number of aryl methyl sites for hydroxylation is 1. The Morgan fingerprint density at radius 1 is 1.14 bits per heavy atom. The highest BCUT2D eigenvalue weighted by Gasteiger charge is 2.29. The minimum atomic E-state index is -3.19. The molecule has 28 heavy (non-hydrogen) atoms. The van der Waals surface area contributed by atoms with E-state index in [1.165, 1.54) is 36.6 Å². The van der Waals surface area contributed by atoms with Gasteiger partial charge < -0.3 is 10.1 Å². The molecule has 1 saturated carbocycles. The van der Waals surface area contributed by atoms with Crippen LogP contribution in [0, 0.1) is 0 Å². The van der Waals surface area contributed by atoms with Crippen LogP contribution in [-0.4, -0.2) is 46.0 Å². The van der Waals surface area contributed by atoms with Crippen LogP contribution in [0.5, 0.6) is 0 Å². The van der Waals surface area contributed by atoms with Gasteiger partial charge in [0.2, 0.25) is 10.0 Å². The van der Waals surface area contributed by atoms with Gasteiger partial charge >= 0.3 is 0 Å². The molecular formula is C22H36N2O3S. The number of rotatable bonds is 8. The molecule has 3 rings (SSSR count). The summed E-state index contributed by atoms with van der Waals surface area (Å²) in [6.45, 7) is 3.75. The van der Waals surface area contributed by atoms with Crippen LogP contribution in [0.4, 0.5) is 0 Å². The summed E-state index contributed by atoms with van der Waals surface area (Å²) < 4.78 is 32.2. The number of ether oxygens (including phenoxy) is 1. The van der Waals surface area contributed by atoms with Crippen LogP contribution >= 0.6 is 0 Å². The smallest absolute Gasteiger partial charge is 0.209 e. The molecule has 1 saturated heterocycles. The number of piperidine rings is 1. The fraction of sp³-hybridized carbons (Fsp3) is 0.727. The lowest BCUT2D eigenvalue weighted by Crippen LogP contribution is -2.55. The lowest BCUT2D eigenvalue weighted by molar-refractivity contribution is 0.00520. The van der Waals surface area contributed by atoms with Gasteiger partial charge in [-0.2, -0.15) is 0 Å². The highest BCUT2D eigenvalue weighted by Crippen LogP contribution is 2.36. The highest BCUT2D eigenvalue weighted by atomic mass is 32.2. The Morgan fingerprint density at radius 2 is 1.89 bits per heavy atom. The minimum Gasteiger partial charge on any atom is -0.377 e. The average Bonchev–Trinajstić information content (AvgIpc) is 2.67. The topological polar surface area (TPSA) is 67.4 Å². The summed E-state index contributed by atoms with van der Waals surface area (Å²) in [7, 11) is -3.19. The van der Waals surface area contributed by atoms with Gasteiger partial charge in [0.25, 0.3) is 0 Å². The first-order valence-electron chi connectivity index (χ1n) is 10.9. The first kappa shape index (κ1) is 21.8. The molecule has 0 spiro atoms. The van der Waals surface area contributed by atoms with E-state index in [1.54, 1.807) is 0 Å². The number of sulfonamides is 1. The molecule has 0 radical (unpaired) electrons. The van der Waals surface area contributed by atoms with Gasteiger partial charge in [0.05, 0.1) is 19.0 Å². The monoisotopic (exact) mass is 408 g/mol. The molecule has 5 nitrogen and oxygen atoms in total. The van der Waals surface area contributed by atoms with Gasteiger partial charge in [-0.25, -0.2) is 13.1 Å². The van der Waals surface area contributed by atoms with Crippen molar-refractivity contribution in [3.63, 3.8) is 0 Å². The van der Waals surface area contributed by atoms with Crippen LogP contribution in [0.3, 0.4) is 0 Å². The van der Waals surface area contributed by atoms with Gasteiger partial charge in [0, 0.05) is 12.1 Å². The SMILES string of the molecule is CCCc1ccccc1[C@H]1CC[C@@H](OC[C@@H]2NCCC[C@@H]2NS(C)(=O)=O)CC1. The number of benzene rings is 1. The molecule has 1 heterocycles. The summed E-state index contributed by atoms with van der Waals surface area (Å²) in [4.78, 5) is 0. The van der Waals surface area contributed by atoms with E-state index in [0.717, 1.165) is 38.6 Å². The fourth-order valence-electron chi connectivity index (χ4n) is 4.75. The Balaban J connectivity index is 1.49. The molecule has 1 aromatic carbocycles. The summed E-state index contributed by atoms with van der Waals surface area (Å²) in [5, 5.41) is 3.44. The van der Waals surface area contributed by atoms with Crippen LogP contribution in [0.15, 0.2) is 24.3 Å². The summed E-state index contributed by atoms with van der Waals surface area (Å²) in [5.74, 6) is 0.648. The van der Waals surface area contributed by atoms with Crippen LogP contribution in [-0.2, 0) is 21.2 Å². The van der Waals surface area contributed by atoms with Gasteiger partial charge in [-0.05, 0) is 68.5 Å². The Bertz CT molecular complexity index is 714. The van der Waals surface area contributed by atoms with Crippen LogP contribution < -0.4 is 10.0 Å². The van der Waals surface area contributed by atoms with E-state index in [4.69, 9.17) is 4.74 Å². The van der Waals surface area contributed by atoms with Crippen molar-refractivity contribution in [3.8, 4) is 0 Å². The van der Waals surface area contributed by atoms with Crippen molar-refractivity contribution in [2.45, 2.75) is 82.4 Å². The van der Waals surface area contributed by atoms with Crippen molar-refractivity contribution >= 4 is 10.0 Å². The zero-order valence-electron chi connectivity index (χ0n) is 17.3. The fourth-order valence-corrected chi connectivity index (χ4v) is 5.59. The Morgan fingerprint density at radius 3 is 2.61 bits per heavy atom. The molecule has 158 valence electrons. The van der Waals surface area contributed by atoms with Gasteiger partial charge in [-0.3, -0.25) is 0 Å². The third-order valence-corrected chi connectivity index (χ3v) is 6.88. The maximum absolute atomic E-state index is 11.6. The molecule has 2 fully saturated rings. The predicted octanol–water partition coefficient (Wildman–Crippen LogP) is 3.35. The Hall–Kier alpha value is -0.950. The van der Waals surface area contributed by atoms with Crippen LogP contribution in [0.1, 0.15) is 68.9 Å². The number of hydrogen-bond donors (Lipinski definition) is 2. The van der Waals surface area contributed by atoms with E-state index in [9.17, 15) is 8.42 Å². The van der Waals surface area contributed by atoms with Crippen molar-refractivity contribution in [1.29, 1.82) is 0 Å². The number of hydrogen-bond acceptors (Lipinski definition) is 4. The normalized spacial score (nSPS) is 28.9. The lowest BCUT2D eigenvalue weighted by atomic mass is 9.80. The molecule has 0 bridgehead atoms. The third-order valence-electron chi connectivity index (χ3n) is 6.15. The molecule has 1 aromatic rings. The van der Waals surface area contributed by atoms with Crippen molar-refractivity contribution in [1.82, 2.24) is 10.0 Å². The Labute approximate surface area is 170 Å². The van der Waals surface area contributed by atoms with E-state index in [0.29, 0.717) is 12.5 Å². The predicted molar refractivity (Wildman–Crippen MR) is 114 cm³/mol. The molecule has 2 aliphatic rings. The largest absolute Gasteiger partial charge is 0.377 e. The molecule has 6 heteroatoms. The molecule has 2 N–H and O–H groups in total. The Kier molecular flexibility index (Phi) is 7.92. The second kappa shape index (κ2) is 10.2. The molecule has 0 unspecified atom stereocenters. The van der Waals surface area contributed by atoms with E-state index in [2.05, 4.69) is 41.2 Å². The summed E-state index contributed by atoms with van der Waals surface area (Å²) >= 11 is 0. The lowest BCUT2D eigenvalue weighted by Gasteiger charge is -2.35. The van der Waals surface area contributed by atoms with E-state index < -0.39 is 10.0 Å². The highest BCUT2D eigenvalue weighted by molar-refractivity contribution is 7.88. The molecular weight excluding hydrogens is 372 g/mol. The van der Waals surface area contributed by atoms with Crippen LogP contribution in [0.25, 0.3) is 0 Å². The molecule has 1 aliphatic heterocycles. The maximum atomic E-state index is 11.6. The second-order valence-corrected chi connectivity index (χ2v) is 10.2. The summed E-state index contributed by atoms with van der Waals surface area (Å²) in [5.41, 5.74) is 3.05. The van der Waals surface area contributed by atoms with Gasteiger partial charge in [0.15, 0.2) is 0 Å². The summed E-state index contributed by atoms with van der Waals surface area (Å²) in [6, 6.07) is 8.91. The van der Waals surface area contributed by atoms with Gasteiger partial charge in [-0.1, -0.05) is 37.6 Å². The molecule has 2 atom stereocenters. The molecule has 0 amide bonds. The van der Waals surface area contributed by atoms with Gasteiger partial charge in [0.1, 0.15) is 0 Å². The standard InChI is InChI=1S/C22H36N2O3S/c1-3-7-17-8-4-5-9-20(17)18-11-13-19(14-12-18)27-16-22-21(10-6-15-23-22)24-28(2,25)26/h4-5,8-9,18-19,21-24H,3,6-7,10-16H2,1-2H3/t18-,19+,21-,22-/m0/s1. The van der Waals surface area contributed by atoms with E-state index >= 15 is 0 Å². The summed E-state index contributed by atoms with van der Waals surface area (Å²) in [6.07, 6.45) is 10.3. The zero-order chi connectivity index (χ0) is 20.0. The zero-order valence-corrected chi connectivity index (χ0v) is 18.1. The van der Waals surface area contributed by atoms with Crippen molar-refractivity contribution in [2.75, 3.05) is 19.4 Å². The van der Waals surface area contributed by atoms with E-state index in [-0.39, 0.29) is 18.2 Å². The minimum absolute atomic E-state index is 0.0616. The molecule has 0 aromatic heterocycles. The first-order valence-corrected chi connectivity index (χ1v) is 12.8. The average molecular weight is 409 g/mol. The maximum Gasteiger partial charge on any atom is 0.209 e. The van der Waals surface area contributed by atoms with Crippen LogP contribution in [0.2, 0.25) is 0 Å². The third kappa shape index (κ3) is 6.28.